The van der Waals surface area contributed by atoms with Crippen LogP contribution in [0.3, 0.4) is 0 Å². The van der Waals surface area contributed by atoms with Crippen LogP contribution < -0.4 is 10.6 Å². The van der Waals surface area contributed by atoms with Gasteiger partial charge in [0.05, 0.1) is 11.3 Å². The zero-order chi connectivity index (χ0) is 15.3. The number of hydrogen-bond acceptors (Lipinski definition) is 2. The van der Waals surface area contributed by atoms with E-state index in [-0.39, 0.29) is 17.1 Å². The number of nitrogens with one attached hydrogen (secondary N) is 2. The van der Waals surface area contributed by atoms with Crippen molar-refractivity contribution in [3.8, 4) is 0 Å². The van der Waals surface area contributed by atoms with Crippen molar-refractivity contribution in [2.75, 3.05) is 5.32 Å². The molecule has 5 nitrogen and oxygen atoms in total. The summed E-state index contributed by atoms with van der Waals surface area (Å²) in [4.78, 5) is 23.2. The predicted octanol–water partition coefficient (Wildman–Crippen LogP) is 3.39. The topological polar surface area (TPSA) is 78.4 Å². The highest BCUT2D eigenvalue weighted by molar-refractivity contribution is 6.00. The van der Waals surface area contributed by atoms with E-state index in [0.717, 1.165) is 18.4 Å². The maximum absolute atomic E-state index is 12.0. The van der Waals surface area contributed by atoms with E-state index < -0.39 is 5.97 Å². The summed E-state index contributed by atoms with van der Waals surface area (Å²) < 4.78 is 0. The van der Waals surface area contributed by atoms with Gasteiger partial charge in [-0.2, -0.15) is 0 Å². The van der Waals surface area contributed by atoms with Gasteiger partial charge in [0.1, 0.15) is 0 Å². The Bertz CT molecular complexity index is 508. The third kappa shape index (κ3) is 3.98. The van der Waals surface area contributed by atoms with Crippen molar-refractivity contribution in [2.24, 2.45) is 0 Å². The molecule has 0 heterocycles. The molecule has 1 aromatic rings. The normalized spacial score (nSPS) is 11.0. The van der Waals surface area contributed by atoms with Crippen molar-refractivity contribution in [3.05, 3.63) is 29.3 Å². The molecule has 0 spiro atoms. The summed E-state index contributed by atoms with van der Waals surface area (Å²) in [6.07, 6.45) is 1.60. The quantitative estimate of drug-likeness (QED) is 0.772. The number of amides is 2. The fraction of sp³-hybridized carbons (Fsp3) is 0.467. The van der Waals surface area contributed by atoms with Gasteiger partial charge in [-0.15, -0.1) is 0 Å². The van der Waals surface area contributed by atoms with Gasteiger partial charge in [0, 0.05) is 5.54 Å². The Hall–Kier alpha value is -2.04. The number of carbonyl (C=O) groups is 2. The van der Waals surface area contributed by atoms with Gasteiger partial charge < -0.3 is 15.7 Å². The fourth-order valence-corrected chi connectivity index (χ4v) is 1.80. The Morgan fingerprint density at radius 3 is 2.35 bits per heavy atom. The van der Waals surface area contributed by atoms with E-state index in [1.54, 1.807) is 12.1 Å². The molecule has 0 unspecified atom stereocenters. The first kappa shape index (κ1) is 16.0. The van der Waals surface area contributed by atoms with Gasteiger partial charge in [0.25, 0.3) is 0 Å². The van der Waals surface area contributed by atoms with Crippen LogP contribution in [0, 0.1) is 6.92 Å². The Morgan fingerprint density at radius 2 is 1.85 bits per heavy atom. The zero-order valence-corrected chi connectivity index (χ0v) is 12.4. The Labute approximate surface area is 119 Å². The van der Waals surface area contributed by atoms with Crippen LogP contribution in [0.5, 0.6) is 0 Å². The average molecular weight is 278 g/mol. The number of rotatable bonds is 5. The molecular weight excluding hydrogens is 256 g/mol. The van der Waals surface area contributed by atoms with E-state index in [9.17, 15) is 9.59 Å². The van der Waals surface area contributed by atoms with Crippen molar-refractivity contribution in [1.29, 1.82) is 0 Å². The third-order valence-corrected chi connectivity index (χ3v) is 3.63. The van der Waals surface area contributed by atoms with Gasteiger partial charge in [-0.1, -0.05) is 25.5 Å². The number of hydrogen-bond donors (Lipinski definition) is 3. The maximum atomic E-state index is 12.0. The standard InChI is InChI=1S/C15H22N2O3/c1-5-15(4,6-2)17-14(20)16-12-8-7-10(3)9-11(12)13(18)19/h7-9H,5-6H2,1-4H3,(H,18,19)(H2,16,17,20). The zero-order valence-electron chi connectivity index (χ0n) is 12.4. The summed E-state index contributed by atoms with van der Waals surface area (Å²) in [6.45, 7) is 7.76. The van der Waals surface area contributed by atoms with Gasteiger partial charge in [-0.3, -0.25) is 0 Å². The van der Waals surface area contributed by atoms with E-state index in [0.29, 0.717) is 5.69 Å². The minimum absolute atomic E-state index is 0.0925. The highest BCUT2D eigenvalue weighted by Crippen LogP contribution is 2.18. The first-order valence-electron chi connectivity index (χ1n) is 6.74. The second-order valence-corrected chi connectivity index (χ2v) is 5.20. The predicted molar refractivity (Wildman–Crippen MR) is 79.3 cm³/mol. The molecule has 0 saturated heterocycles. The second kappa shape index (κ2) is 6.41. The SMILES string of the molecule is CCC(C)(CC)NC(=O)Nc1ccc(C)cc1C(=O)O. The second-order valence-electron chi connectivity index (χ2n) is 5.20. The Kier molecular flexibility index (Phi) is 5.13. The van der Waals surface area contributed by atoms with E-state index in [2.05, 4.69) is 10.6 Å². The Balaban J connectivity index is 2.89. The maximum Gasteiger partial charge on any atom is 0.337 e. The summed E-state index contributed by atoms with van der Waals surface area (Å²) in [7, 11) is 0. The number of carboxylic acid groups (broad SMARTS) is 1. The van der Waals surface area contributed by atoms with E-state index in [4.69, 9.17) is 5.11 Å². The number of benzene rings is 1. The first-order valence-corrected chi connectivity index (χ1v) is 6.74. The van der Waals surface area contributed by atoms with Crippen LogP contribution in [-0.4, -0.2) is 22.6 Å². The van der Waals surface area contributed by atoms with Crippen LogP contribution in [0.1, 0.15) is 49.5 Å². The summed E-state index contributed by atoms with van der Waals surface area (Å²) in [5.74, 6) is -1.06. The lowest BCUT2D eigenvalue weighted by molar-refractivity contribution is 0.0698. The van der Waals surface area contributed by atoms with Crippen LogP contribution in [0.2, 0.25) is 0 Å². The van der Waals surface area contributed by atoms with Gasteiger partial charge in [-0.25, -0.2) is 9.59 Å². The molecule has 5 heteroatoms. The summed E-state index contributed by atoms with van der Waals surface area (Å²) in [6, 6.07) is 4.52. The van der Waals surface area contributed by atoms with Gasteiger partial charge >= 0.3 is 12.0 Å². The Morgan fingerprint density at radius 1 is 1.25 bits per heavy atom. The molecular formula is C15H22N2O3. The summed E-state index contributed by atoms with van der Waals surface area (Å²) >= 11 is 0. The summed E-state index contributed by atoms with van der Waals surface area (Å²) in [5.41, 5.74) is 0.934. The minimum atomic E-state index is -1.06. The molecule has 0 fully saturated rings. The number of carbonyl (C=O) groups excluding carboxylic acids is 1. The third-order valence-electron chi connectivity index (χ3n) is 3.63. The molecule has 0 saturated carbocycles. The lowest BCUT2D eigenvalue weighted by Crippen LogP contribution is -2.47. The molecule has 0 atom stereocenters. The van der Waals surface area contributed by atoms with Crippen LogP contribution in [-0.2, 0) is 0 Å². The summed E-state index contributed by atoms with van der Waals surface area (Å²) in [5, 5.41) is 14.6. The van der Waals surface area contributed by atoms with E-state index in [1.165, 1.54) is 6.07 Å². The van der Waals surface area contributed by atoms with Crippen molar-refractivity contribution < 1.29 is 14.7 Å². The van der Waals surface area contributed by atoms with Crippen molar-refractivity contribution in [1.82, 2.24) is 5.32 Å². The van der Waals surface area contributed by atoms with Crippen molar-refractivity contribution >= 4 is 17.7 Å². The fourth-order valence-electron chi connectivity index (χ4n) is 1.80. The molecule has 0 aliphatic carbocycles. The van der Waals surface area contributed by atoms with E-state index in [1.807, 2.05) is 27.7 Å². The number of urea groups is 1. The van der Waals surface area contributed by atoms with Gasteiger partial charge in [0.15, 0.2) is 0 Å². The van der Waals surface area contributed by atoms with Crippen LogP contribution in [0.25, 0.3) is 0 Å². The van der Waals surface area contributed by atoms with Crippen molar-refractivity contribution in [3.63, 3.8) is 0 Å². The lowest BCUT2D eigenvalue weighted by Gasteiger charge is -2.28. The molecule has 0 aliphatic heterocycles. The molecule has 3 N–H and O–H groups in total. The highest BCUT2D eigenvalue weighted by Gasteiger charge is 2.22. The minimum Gasteiger partial charge on any atom is -0.478 e. The first-order chi connectivity index (χ1) is 9.31. The lowest BCUT2D eigenvalue weighted by atomic mass is 9.96. The largest absolute Gasteiger partial charge is 0.478 e. The molecule has 0 radical (unpaired) electrons. The number of aryl methyl sites for hydroxylation is 1. The molecule has 0 bridgehead atoms. The molecule has 20 heavy (non-hydrogen) atoms. The molecule has 110 valence electrons. The average Bonchev–Trinajstić information content (AvgIpc) is 2.40. The number of anilines is 1. The van der Waals surface area contributed by atoms with Gasteiger partial charge in [-0.05, 0) is 38.8 Å². The molecule has 0 aromatic heterocycles. The van der Waals surface area contributed by atoms with Crippen LogP contribution >= 0.6 is 0 Å². The smallest absolute Gasteiger partial charge is 0.337 e. The monoisotopic (exact) mass is 278 g/mol. The molecule has 2 amide bonds. The van der Waals surface area contributed by atoms with Crippen LogP contribution in [0.15, 0.2) is 18.2 Å². The molecule has 0 aliphatic rings. The highest BCUT2D eigenvalue weighted by atomic mass is 16.4. The van der Waals surface area contributed by atoms with Crippen LogP contribution in [0.4, 0.5) is 10.5 Å². The molecule has 1 aromatic carbocycles. The van der Waals surface area contributed by atoms with Gasteiger partial charge in [0.2, 0.25) is 0 Å². The number of carboxylic acids is 1. The molecule has 1 rings (SSSR count). The number of aromatic carboxylic acids is 1. The van der Waals surface area contributed by atoms with Crippen molar-refractivity contribution in [2.45, 2.75) is 46.1 Å². The van der Waals surface area contributed by atoms with E-state index >= 15 is 0 Å².